The first-order valence-corrected chi connectivity index (χ1v) is 8.77. The molecule has 0 radical (unpaired) electrons. The zero-order chi connectivity index (χ0) is 15.7. The molecule has 5 nitrogen and oxygen atoms in total. The van der Waals surface area contributed by atoms with Crippen molar-refractivity contribution in [2.24, 2.45) is 5.41 Å². The van der Waals surface area contributed by atoms with Crippen LogP contribution in [0, 0.1) is 5.41 Å². The Bertz CT molecular complexity index is 834. The van der Waals surface area contributed by atoms with Crippen molar-refractivity contribution in [3.63, 3.8) is 0 Å². The maximum atomic E-state index is 5.85. The second-order valence-corrected chi connectivity index (χ2v) is 7.58. The third-order valence-electron chi connectivity index (χ3n) is 6.13. The monoisotopic (exact) mass is 320 g/mol. The van der Waals surface area contributed by atoms with Crippen molar-refractivity contribution in [1.29, 1.82) is 0 Å². The molecule has 4 aliphatic rings. The maximum absolute atomic E-state index is 5.85. The second-order valence-electron chi connectivity index (χ2n) is 7.58. The van der Waals surface area contributed by atoms with Crippen molar-refractivity contribution in [1.82, 2.24) is 4.98 Å². The summed E-state index contributed by atoms with van der Waals surface area (Å²) < 4.78 is 5.85. The first-order chi connectivity index (χ1) is 11.8. The third kappa shape index (κ3) is 1.70. The predicted octanol–water partition coefficient (Wildman–Crippen LogP) is 3.12. The molecule has 3 atom stereocenters. The molecule has 5 heteroatoms. The van der Waals surface area contributed by atoms with Crippen LogP contribution in [0.15, 0.2) is 36.5 Å². The highest BCUT2D eigenvalue weighted by molar-refractivity contribution is 5.80. The van der Waals surface area contributed by atoms with Crippen LogP contribution in [-0.2, 0) is 11.3 Å². The highest BCUT2D eigenvalue weighted by Crippen LogP contribution is 2.62. The molecule has 2 saturated heterocycles. The van der Waals surface area contributed by atoms with Gasteiger partial charge in [-0.3, -0.25) is 0 Å². The Kier molecular flexibility index (Phi) is 2.41. The molecule has 2 N–H and O–H groups in total. The van der Waals surface area contributed by atoms with Crippen molar-refractivity contribution in [2.75, 3.05) is 28.7 Å². The molecule has 1 aromatic heterocycles. The first-order valence-electron chi connectivity index (χ1n) is 8.77. The van der Waals surface area contributed by atoms with Crippen molar-refractivity contribution in [3.05, 3.63) is 42.1 Å². The smallest absolute Gasteiger partial charge is 0.135 e. The minimum absolute atomic E-state index is 0.460. The van der Waals surface area contributed by atoms with E-state index in [2.05, 4.69) is 44.8 Å². The lowest BCUT2D eigenvalue weighted by molar-refractivity contribution is 0.0472. The summed E-state index contributed by atoms with van der Waals surface area (Å²) >= 11 is 0. The van der Waals surface area contributed by atoms with Crippen LogP contribution in [-0.4, -0.2) is 30.3 Å². The molecule has 24 heavy (non-hydrogen) atoms. The lowest BCUT2D eigenvalue weighted by Gasteiger charge is -2.31. The van der Waals surface area contributed by atoms with E-state index in [0.717, 1.165) is 37.0 Å². The molecule has 4 heterocycles. The Morgan fingerprint density at radius 3 is 3.17 bits per heavy atom. The zero-order valence-corrected chi connectivity index (χ0v) is 13.5. The zero-order valence-electron chi connectivity index (χ0n) is 13.5. The van der Waals surface area contributed by atoms with Crippen molar-refractivity contribution in [3.8, 4) is 0 Å². The van der Waals surface area contributed by atoms with E-state index >= 15 is 0 Å². The van der Waals surface area contributed by atoms with Gasteiger partial charge in [0.2, 0.25) is 0 Å². The SMILES string of the molecule is c1cnc2c(c1)CNc1cc(N3C4COCC5(C4)CC35)ccc1N2. The minimum atomic E-state index is 0.460. The summed E-state index contributed by atoms with van der Waals surface area (Å²) in [6.45, 7) is 2.62. The van der Waals surface area contributed by atoms with Gasteiger partial charge in [0.1, 0.15) is 5.82 Å². The van der Waals surface area contributed by atoms with Gasteiger partial charge in [-0.2, -0.15) is 0 Å². The number of aromatic nitrogens is 1. The fraction of sp³-hybridized carbons (Fsp3) is 0.421. The van der Waals surface area contributed by atoms with E-state index in [0.29, 0.717) is 17.5 Å². The van der Waals surface area contributed by atoms with Crippen LogP contribution in [0.25, 0.3) is 0 Å². The van der Waals surface area contributed by atoms with Crippen LogP contribution in [0.3, 0.4) is 0 Å². The fourth-order valence-corrected chi connectivity index (χ4v) is 4.86. The van der Waals surface area contributed by atoms with Gasteiger partial charge in [-0.05, 0) is 37.1 Å². The summed E-state index contributed by atoms with van der Waals surface area (Å²) in [5.41, 5.74) is 5.23. The van der Waals surface area contributed by atoms with Gasteiger partial charge in [0.05, 0.1) is 30.6 Å². The summed E-state index contributed by atoms with van der Waals surface area (Å²) in [6, 6.07) is 12.0. The predicted molar refractivity (Wildman–Crippen MR) is 93.8 cm³/mol. The Balaban J connectivity index is 1.36. The molecule has 3 fully saturated rings. The quantitative estimate of drug-likeness (QED) is 0.845. The van der Waals surface area contributed by atoms with Gasteiger partial charge < -0.3 is 20.3 Å². The minimum Gasteiger partial charge on any atom is -0.379 e. The Hall–Kier alpha value is -2.27. The molecule has 2 aromatic rings. The van der Waals surface area contributed by atoms with Crippen LogP contribution in [0.1, 0.15) is 18.4 Å². The summed E-state index contributed by atoms with van der Waals surface area (Å²) in [7, 11) is 0. The van der Waals surface area contributed by atoms with Gasteiger partial charge in [0.25, 0.3) is 0 Å². The molecule has 3 aliphatic heterocycles. The summed E-state index contributed by atoms with van der Waals surface area (Å²) in [6.07, 6.45) is 4.43. The fourth-order valence-electron chi connectivity index (χ4n) is 4.86. The normalized spacial score (nSPS) is 31.9. The number of benzene rings is 1. The molecule has 122 valence electrons. The van der Waals surface area contributed by atoms with E-state index in [4.69, 9.17) is 4.74 Å². The van der Waals surface area contributed by atoms with Crippen LogP contribution in [0.4, 0.5) is 22.9 Å². The third-order valence-corrected chi connectivity index (χ3v) is 6.13. The lowest BCUT2D eigenvalue weighted by atomic mass is 9.99. The number of hydrogen-bond acceptors (Lipinski definition) is 5. The van der Waals surface area contributed by atoms with Crippen molar-refractivity contribution >= 4 is 22.9 Å². The second kappa shape index (κ2) is 4.42. The lowest BCUT2D eigenvalue weighted by Crippen LogP contribution is -2.37. The molecule has 2 bridgehead atoms. The van der Waals surface area contributed by atoms with Gasteiger partial charge in [-0.1, -0.05) is 6.07 Å². The molecule has 0 amide bonds. The number of nitrogens with one attached hydrogen (secondary N) is 2. The molecule has 3 unspecified atom stereocenters. The Morgan fingerprint density at radius 2 is 2.21 bits per heavy atom. The number of nitrogens with zero attached hydrogens (tertiary/aromatic N) is 2. The number of piperidine rings is 1. The highest BCUT2D eigenvalue weighted by atomic mass is 16.5. The standard InChI is InChI=1S/C19H20N4O/c1-2-12-9-21-16-6-13(3-4-15(16)22-18(12)20-5-1)23-14-7-19(8-17(19)23)11-24-10-14/h1-6,14,17,21H,7-11H2,(H,20,22). The molecule has 1 aromatic carbocycles. The van der Waals surface area contributed by atoms with Crippen molar-refractivity contribution < 1.29 is 4.74 Å². The molecule has 1 saturated carbocycles. The molecule has 1 aliphatic carbocycles. The number of hydrogen-bond donors (Lipinski definition) is 2. The average Bonchev–Trinajstić information content (AvgIpc) is 3.27. The van der Waals surface area contributed by atoms with Crippen LogP contribution < -0.4 is 15.5 Å². The van der Waals surface area contributed by atoms with Crippen molar-refractivity contribution in [2.45, 2.75) is 31.5 Å². The topological polar surface area (TPSA) is 49.4 Å². The maximum Gasteiger partial charge on any atom is 0.135 e. The Morgan fingerprint density at radius 1 is 1.21 bits per heavy atom. The molecular weight excluding hydrogens is 300 g/mol. The van der Waals surface area contributed by atoms with E-state index in [1.807, 2.05) is 12.3 Å². The van der Waals surface area contributed by atoms with E-state index in [1.54, 1.807) is 0 Å². The van der Waals surface area contributed by atoms with Gasteiger partial charge in [-0.25, -0.2) is 4.98 Å². The van der Waals surface area contributed by atoms with Gasteiger partial charge >= 0.3 is 0 Å². The van der Waals surface area contributed by atoms with Gasteiger partial charge in [0.15, 0.2) is 0 Å². The molecule has 1 spiro atoms. The van der Waals surface area contributed by atoms with Gasteiger partial charge in [0, 0.05) is 35.4 Å². The molecular formula is C19H20N4O. The summed E-state index contributed by atoms with van der Waals surface area (Å²) in [5.74, 6) is 0.947. The number of ether oxygens (including phenoxy) is 1. The highest BCUT2D eigenvalue weighted by Gasteiger charge is 2.66. The molecule has 6 rings (SSSR count). The van der Waals surface area contributed by atoms with Crippen LogP contribution in [0.2, 0.25) is 0 Å². The summed E-state index contributed by atoms with van der Waals surface area (Å²) in [4.78, 5) is 7.08. The van der Waals surface area contributed by atoms with E-state index < -0.39 is 0 Å². The average molecular weight is 320 g/mol. The number of pyridine rings is 1. The van der Waals surface area contributed by atoms with E-state index in [1.165, 1.54) is 24.1 Å². The Labute approximate surface area is 141 Å². The van der Waals surface area contributed by atoms with Gasteiger partial charge in [-0.15, -0.1) is 0 Å². The van der Waals surface area contributed by atoms with Crippen LogP contribution >= 0.6 is 0 Å². The number of rotatable bonds is 1. The van der Waals surface area contributed by atoms with E-state index in [-0.39, 0.29) is 0 Å². The largest absolute Gasteiger partial charge is 0.379 e. The first kappa shape index (κ1) is 13.1. The van der Waals surface area contributed by atoms with E-state index in [9.17, 15) is 0 Å². The number of fused-ring (bicyclic) bond motifs is 3. The number of anilines is 4. The van der Waals surface area contributed by atoms with Crippen LogP contribution in [0.5, 0.6) is 0 Å². The summed E-state index contributed by atoms with van der Waals surface area (Å²) in [5, 5.41) is 7.04.